The Bertz CT molecular complexity index is 1270. The summed E-state index contributed by atoms with van der Waals surface area (Å²) < 4.78 is 32.9. The molecule has 0 fully saturated rings. The number of esters is 2. The van der Waals surface area contributed by atoms with Crippen LogP contribution in [0.2, 0.25) is 0 Å². The van der Waals surface area contributed by atoms with Gasteiger partial charge in [0.05, 0.1) is 13.2 Å². The molecule has 0 rings (SSSR count). The molecule has 0 saturated heterocycles. The number of allylic oxidation sites excluding steroid dienone is 8. The molecule has 0 bridgehead atoms. The van der Waals surface area contributed by atoms with Crippen molar-refractivity contribution in [2.45, 2.75) is 290 Å². The topological polar surface area (TPSA) is 134 Å². The van der Waals surface area contributed by atoms with Crippen LogP contribution in [0, 0.1) is 0 Å². The Hall–Kier alpha value is -2.03. The fourth-order valence-corrected chi connectivity index (χ4v) is 9.10. The van der Waals surface area contributed by atoms with Crippen LogP contribution < -0.4 is 5.73 Å². The molecule has 2 unspecified atom stereocenters. The summed E-state index contributed by atoms with van der Waals surface area (Å²) in [5.74, 6) is -0.830. The van der Waals surface area contributed by atoms with Crippen LogP contribution in [-0.2, 0) is 32.7 Å². The van der Waals surface area contributed by atoms with Crippen LogP contribution in [-0.4, -0.2) is 49.3 Å². The first-order chi connectivity index (χ1) is 33.8. The van der Waals surface area contributed by atoms with Crippen molar-refractivity contribution in [1.82, 2.24) is 0 Å². The first-order valence-corrected chi connectivity index (χ1v) is 30.6. The lowest BCUT2D eigenvalue weighted by Crippen LogP contribution is -2.29. The molecule has 0 aromatic carbocycles. The number of hydrogen-bond acceptors (Lipinski definition) is 8. The number of unbranched alkanes of at least 4 members (excludes halogenated alkanes) is 34. The zero-order chi connectivity index (χ0) is 50.2. The van der Waals surface area contributed by atoms with E-state index >= 15 is 0 Å². The minimum Gasteiger partial charge on any atom is -0.462 e. The number of ether oxygens (including phenoxy) is 2. The molecular weight excluding hydrogens is 882 g/mol. The van der Waals surface area contributed by atoms with Crippen molar-refractivity contribution in [3.63, 3.8) is 0 Å². The fraction of sp³-hybridized carbons (Fsp3) is 0.831. The Labute approximate surface area is 426 Å². The third kappa shape index (κ3) is 55.1. The largest absolute Gasteiger partial charge is 0.472 e. The van der Waals surface area contributed by atoms with E-state index in [0.29, 0.717) is 6.42 Å². The average Bonchev–Trinajstić information content (AvgIpc) is 3.34. The molecule has 0 aromatic rings. The first kappa shape index (κ1) is 67.0. The van der Waals surface area contributed by atoms with Gasteiger partial charge >= 0.3 is 19.8 Å². The molecule has 3 N–H and O–H groups in total. The lowest BCUT2D eigenvalue weighted by Gasteiger charge is -2.19. The molecule has 0 radical (unpaired) electrons. The highest BCUT2D eigenvalue weighted by Gasteiger charge is 2.26. The number of rotatable bonds is 55. The second kappa shape index (κ2) is 55.3. The summed E-state index contributed by atoms with van der Waals surface area (Å²) >= 11 is 0. The monoisotopic (exact) mass is 992 g/mol. The highest BCUT2D eigenvalue weighted by molar-refractivity contribution is 7.47. The molecule has 0 aliphatic carbocycles. The molecule has 0 saturated carbocycles. The minimum atomic E-state index is -4.38. The summed E-state index contributed by atoms with van der Waals surface area (Å²) in [6, 6.07) is 0. The van der Waals surface area contributed by atoms with E-state index in [1.54, 1.807) is 0 Å². The van der Waals surface area contributed by atoms with E-state index in [9.17, 15) is 19.0 Å². The van der Waals surface area contributed by atoms with Gasteiger partial charge in [0.15, 0.2) is 6.10 Å². The van der Waals surface area contributed by atoms with Gasteiger partial charge in [-0.1, -0.05) is 249 Å². The Balaban J connectivity index is 3.76. The van der Waals surface area contributed by atoms with Crippen molar-refractivity contribution >= 4 is 19.8 Å². The lowest BCUT2D eigenvalue weighted by molar-refractivity contribution is -0.161. The maximum Gasteiger partial charge on any atom is 0.472 e. The van der Waals surface area contributed by atoms with Crippen molar-refractivity contribution in [2.24, 2.45) is 5.73 Å². The first-order valence-electron chi connectivity index (χ1n) is 29.1. The van der Waals surface area contributed by atoms with Gasteiger partial charge in [-0.25, -0.2) is 4.57 Å². The third-order valence-corrected chi connectivity index (χ3v) is 13.7. The number of phosphoric acid groups is 1. The van der Waals surface area contributed by atoms with Gasteiger partial charge in [-0.15, -0.1) is 0 Å². The maximum absolute atomic E-state index is 12.7. The Kier molecular flexibility index (Phi) is 53.7. The molecule has 0 heterocycles. The summed E-state index contributed by atoms with van der Waals surface area (Å²) in [5, 5.41) is 0. The highest BCUT2D eigenvalue weighted by atomic mass is 31.2. The number of carbonyl (C=O) groups excluding carboxylic acids is 2. The van der Waals surface area contributed by atoms with Crippen LogP contribution in [0.1, 0.15) is 284 Å². The second-order valence-corrected chi connectivity index (χ2v) is 21.0. The van der Waals surface area contributed by atoms with Crippen molar-refractivity contribution in [3.8, 4) is 0 Å². The molecule has 0 spiro atoms. The van der Waals surface area contributed by atoms with Crippen molar-refractivity contribution < 1.29 is 37.6 Å². The van der Waals surface area contributed by atoms with E-state index in [0.717, 1.165) is 70.6 Å². The highest BCUT2D eigenvalue weighted by Crippen LogP contribution is 2.43. The van der Waals surface area contributed by atoms with Crippen LogP contribution in [0.5, 0.6) is 0 Å². The number of carbonyl (C=O) groups is 2. The van der Waals surface area contributed by atoms with Crippen LogP contribution in [0.4, 0.5) is 0 Å². The average molecular weight is 993 g/mol. The zero-order valence-corrected chi connectivity index (χ0v) is 45.9. The van der Waals surface area contributed by atoms with Gasteiger partial charge in [0, 0.05) is 19.4 Å². The Morgan fingerprint density at radius 1 is 0.435 bits per heavy atom. The van der Waals surface area contributed by atoms with Gasteiger partial charge in [-0.2, -0.15) is 0 Å². The fourth-order valence-electron chi connectivity index (χ4n) is 8.33. The van der Waals surface area contributed by atoms with Crippen LogP contribution >= 0.6 is 7.82 Å². The normalized spacial score (nSPS) is 13.4. The predicted molar refractivity (Wildman–Crippen MR) is 293 cm³/mol. The Morgan fingerprint density at radius 3 is 1.17 bits per heavy atom. The number of phosphoric ester groups is 1. The van der Waals surface area contributed by atoms with E-state index in [2.05, 4.69) is 62.5 Å². The summed E-state index contributed by atoms with van der Waals surface area (Å²) in [7, 11) is -4.38. The second-order valence-electron chi connectivity index (χ2n) is 19.5. The molecule has 2 atom stereocenters. The van der Waals surface area contributed by atoms with Gasteiger partial charge in [0.2, 0.25) is 0 Å². The van der Waals surface area contributed by atoms with E-state index < -0.39 is 26.5 Å². The molecule has 69 heavy (non-hydrogen) atoms. The number of nitrogens with two attached hydrogens (primary N) is 1. The van der Waals surface area contributed by atoms with E-state index in [1.807, 2.05) is 0 Å². The SMILES string of the molecule is CCCC/C=C\CCCCCCCC(=O)OCC(COP(=O)(O)OCCN)OC(=O)CCCCCCCCCCCCCCCCCCCCCCCC/C=C\C/C=C\C/C=C\CCCCCCC. The smallest absolute Gasteiger partial charge is 0.462 e. The minimum absolute atomic E-state index is 0.0532. The lowest BCUT2D eigenvalue weighted by atomic mass is 10.0. The molecular formula is C59H110NO8P. The van der Waals surface area contributed by atoms with Crippen molar-refractivity contribution in [2.75, 3.05) is 26.4 Å². The van der Waals surface area contributed by atoms with Gasteiger partial charge in [-0.05, 0) is 70.6 Å². The number of hydrogen-bond donors (Lipinski definition) is 2. The van der Waals surface area contributed by atoms with E-state index in [1.165, 1.54) is 180 Å². The van der Waals surface area contributed by atoms with Gasteiger partial charge in [0.25, 0.3) is 0 Å². The van der Waals surface area contributed by atoms with Crippen molar-refractivity contribution in [1.29, 1.82) is 0 Å². The quantitative estimate of drug-likeness (QED) is 0.0264. The molecule has 0 aromatic heterocycles. The summed E-state index contributed by atoms with van der Waals surface area (Å²) in [6.07, 6.45) is 67.7. The third-order valence-electron chi connectivity index (χ3n) is 12.7. The molecule has 10 heteroatoms. The van der Waals surface area contributed by atoms with E-state index in [-0.39, 0.29) is 38.6 Å². The summed E-state index contributed by atoms with van der Waals surface area (Å²) in [4.78, 5) is 35.0. The van der Waals surface area contributed by atoms with Crippen LogP contribution in [0.25, 0.3) is 0 Å². The molecule has 0 amide bonds. The summed E-state index contributed by atoms with van der Waals surface area (Å²) in [6.45, 7) is 3.70. The zero-order valence-electron chi connectivity index (χ0n) is 45.1. The van der Waals surface area contributed by atoms with E-state index in [4.69, 9.17) is 24.3 Å². The molecule has 0 aliphatic heterocycles. The van der Waals surface area contributed by atoms with Crippen molar-refractivity contribution in [3.05, 3.63) is 48.6 Å². The standard InChI is InChI=1S/C59H110NO8P/c1-3-5-7-9-11-13-15-16-17-18-19-20-21-22-23-24-25-26-27-28-29-30-31-32-33-34-35-36-37-38-39-40-42-44-46-48-50-52-59(62)68-57(56-67-69(63,64)66-54-53-60)55-65-58(61)51-49-47-45-43-41-14-12-10-8-6-4-2/h10,12,15-16,18-19,21-22,57H,3-9,11,13-14,17,20,23-56,60H2,1-2H3,(H,63,64)/b12-10-,16-15-,19-18-,22-21-. The predicted octanol–water partition coefficient (Wildman–Crippen LogP) is 18.2. The Morgan fingerprint density at radius 2 is 0.768 bits per heavy atom. The summed E-state index contributed by atoms with van der Waals surface area (Å²) in [5.41, 5.74) is 5.37. The van der Waals surface area contributed by atoms with Crippen LogP contribution in [0.15, 0.2) is 48.6 Å². The molecule has 9 nitrogen and oxygen atoms in total. The molecule has 404 valence electrons. The maximum atomic E-state index is 12.7. The van der Waals surface area contributed by atoms with Gasteiger partial charge in [0.1, 0.15) is 6.61 Å². The van der Waals surface area contributed by atoms with Gasteiger partial charge < -0.3 is 20.1 Å². The van der Waals surface area contributed by atoms with Gasteiger partial charge in [-0.3, -0.25) is 18.6 Å². The molecule has 0 aliphatic rings. The van der Waals surface area contributed by atoms with Crippen LogP contribution in [0.3, 0.4) is 0 Å².